The number of carbonyl (C=O) groups is 1. The molecular formula is C12H12N2O2S. The SMILES string of the molecule is Cc1sc(-c2cccc(CN)c2)nc1C(=O)O. The first-order chi connectivity index (χ1) is 8.11. The average molecular weight is 248 g/mol. The van der Waals surface area contributed by atoms with E-state index < -0.39 is 5.97 Å². The van der Waals surface area contributed by atoms with Crippen LogP contribution in [0.5, 0.6) is 0 Å². The number of hydrogen-bond acceptors (Lipinski definition) is 4. The van der Waals surface area contributed by atoms with E-state index in [1.807, 2.05) is 24.3 Å². The topological polar surface area (TPSA) is 76.2 Å². The average Bonchev–Trinajstić information content (AvgIpc) is 2.71. The minimum Gasteiger partial charge on any atom is -0.476 e. The molecule has 0 aliphatic heterocycles. The molecule has 0 amide bonds. The van der Waals surface area contributed by atoms with Crippen molar-refractivity contribution in [1.29, 1.82) is 0 Å². The number of nitrogens with zero attached hydrogens (tertiary/aromatic N) is 1. The van der Waals surface area contributed by atoms with Crippen molar-refractivity contribution in [2.45, 2.75) is 13.5 Å². The van der Waals surface area contributed by atoms with Crippen LogP contribution in [-0.2, 0) is 6.54 Å². The maximum absolute atomic E-state index is 10.9. The Hall–Kier alpha value is -1.72. The predicted octanol–water partition coefficient (Wildman–Crippen LogP) is 2.28. The van der Waals surface area contributed by atoms with Crippen molar-refractivity contribution in [2.24, 2.45) is 5.73 Å². The van der Waals surface area contributed by atoms with Crippen LogP contribution in [0.4, 0.5) is 0 Å². The molecule has 0 aliphatic carbocycles. The van der Waals surface area contributed by atoms with Gasteiger partial charge in [0.15, 0.2) is 5.69 Å². The molecule has 1 heterocycles. The summed E-state index contributed by atoms with van der Waals surface area (Å²) >= 11 is 1.38. The van der Waals surface area contributed by atoms with Crippen molar-refractivity contribution in [1.82, 2.24) is 4.98 Å². The smallest absolute Gasteiger partial charge is 0.355 e. The molecule has 0 saturated carbocycles. The molecule has 0 unspecified atom stereocenters. The van der Waals surface area contributed by atoms with Crippen molar-refractivity contribution in [3.8, 4) is 10.6 Å². The maximum Gasteiger partial charge on any atom is 0.355 e. The molecular weight excluding hydrogens is 236 g/mol. The zero-order valence-corrected chi connectivity index (χ0v) is 10.1. The summed E-state index contributed by atoms with van der Waals surface area (Å²) in [4.78, 5) is 15.8. The fourth-order valence-corrected chi connectivity index (χ4v) is 2.45. The van der Waals surface area contributed by atoms with Crippen LogP contribution in [-0.4, -0.2) is 16.1 Å². The number of benzene rings is 1. The van der Waals surface area contributed by atoms with Crippen molar-refractivity contribution in [2.75, 3.05) is 0 Å². The standard InChI is InChI=1S/C12H12N2O2S/c1-7-10(12(15)16)14-11(17-7)9-4-2-3-8(5-9)6-13/h2-5H,6,13H2,1H3,(H,15,16). The highest BCUT2D eigenvalue weighted by molar-refractivity contribution is 7.15. The van der Waals surface area contributed by atoms with Crippen LogP contribution in [0.2, 0.25) is 0 Å². The van der Waals surface area contributed by atoms with E-state index in [9.17, 15) is 4.79 Å². The van der Waals surface area contributed by atoms with Gasteiger partial charge in [0.2, 0.25) is 0 Å². The largest absolute Gasteiger partial charge is 0.476 e. The molecule has 0 spiro atoms. The second-order valence-corrected chi connectivity index (χ2v) is 4.84. The maximum atomic E-state index is 10.9. The lowest BCUT2D eigenvalue weighted by Crippen LogP contribution is -1.98. The number of carboxylic acids is 1. The second kappa shape index (κ2) is 4.65. The number of aromatic nitrogens is 1. The van der Waals surface area contributed by atoms with Gasteiger partial charge in [0.1, 0.15) is 5.01 Å². The molecule has 17 heavy (non-hydrogen) atoms. The van der Waals surface area contributed by atoms with Crippen LogP contribution in [0.3, 0.4) is 0 Å². The van der Waals surface area contributed by atoms with E-state index in [1.165, 1.54) is 11.3 Å². The Morgan fingerprint density at radius 1 is 1.53 bits per heavy atom. The van der Waals surface area contributed by atoms with Crippen LogP contribution in [0, 0.1) is 6.92 Å². The van der Waals surface area contributed by atoms with Crippen molar-refractivity contribution < 1.29 is 9.90 Å². The molecule has 2 rings (SSSR count). The molecule has 4 nitrogen and oxygen atoms in total. The molecule has 88 valence electrons. The summed E-state index contributed by atoms with van der Waals surface area (Å²) in [5, 5.41) is 9.67. The first-order valence-corrected chi connectivity index (χ1v) is 5.93. The van der Waals surface area contributed by atoms with Gasteiger partial charge in [0.25, 0.3) is 0 Å². The van der Waals surface area contributed by atoms with Gasteiger partial charge in [-0.1, -0.05) is 18.2 Å². The third-order valence-corrected chi connectivity index (χ3v) is 3.43. The second-order valence-electron chi connectivity index (χ2n) is 3.63. The van der Waals surface area contributed by atoms with E-state index in [0.29, 0.717) is 11.4 Å². The molecule has 5 heteroatoms. The van der Waals surface area contributed by atoms with E-state index >= 15 is 0 Å². The zero-order chi connectivity index (χ0) is 12.4. The van der Waals surface area contributed by atoms with Crippen molar-refractivity contribution in [3.63, 3.8) is 0 Å². The van der Waals surface area contributed by atoms with E-state index in [4.69, 9.17) is 10.8 Å². The summed E-state index contributed by atoms with van der Waals surface area (Å²) in [7, 11) is 0. The molecule has 0 atom stereocenters. The van der Waals surface area contributed by atoms with Gasteiger partial charge in [-0.15, -0.1) is 11.3 Å². The number of carboxylic acid groups (broad SMARTS) is 1. The number of hydrogen-bond donors (Lipinski definition) is 2. The highest BCUT2D eigenvalue weighted by Crippen LogP contribution is 2.28. The van der Waals surface area contributed by atoms with Gasteiger partial charge in [-0.2, -0.15) is 0 Å². The van der Waals surface area contributed by atoms with Gasteiger partial charge in [0.05, 0.1) is 0 Å². The lowest BCUT2D eigenvalue weighted by molar-refractivity contribution is 0.0690. The Balaban J connectivity index is 2.46. The number of aromatic carboxylic acids is 1. The van der Waals surface area contributed by atoms with Gasteiger partial charge in [-0.3, -0.25) is 0 Å². The van der Waals surface area contributed by atoms with E-state index in [2.05, 4.69) is 4.98 Å². The Bertz CT molecular complexity index is 563. The van der Waals surface area contributed by atoms with E-state index in [0.717, 1.165) is 16.1 Å². The lowest BCUT2D eigenvalue weighted by Gasteiger charge is -1.99. The number of nitrogens with two attached hydrogens (primary N) is 1. The van der Waals surface area contributed by atoms with Crippen molar-refractivity contribution >= 4 is 17.3 Å². The van der Waals surface area contributed by atoms with Crippen LogP contribution < -0.4 is 5.73 Å². The highest BCUT2D eigenvalue weighted by Gasteiger charge is 2.14. The lowest BCUT2D eigenvalue weighted by atomic mass is 10.1. The Morgan fingerprint density at radius 2 is 2.29 bits per heavy atom. The normalized spacial score (nSPS) is 10.5. The Morgan fingerprint density at radius 3 is 2.88 bits per heavy atom. The van der Waals surface area contributed by atoms with Crippen LogP contribution in [0.25, 0.3) is 10.6 Å². The number of rotatable bonds is 3. The summed E-state index contributed by atoms with van der Waals surface area (Å²) in [5.74, 6) is -0.986. The van der Waals surface area contributed by atoms with Crippen molar-refractivity contribution in [3.05, 3.63) is 40.4 Å². The number of thiazole rings is 1. The molecule has 0 aliphatic rings. The molecule has 0 fully saturated rings. The Kier molecular flexibility index (Phi) is 3.21. The van der Waals surface area contributed by atoms with E-state index in [-0.39, 0.29) is 5.69 Å². The monoisotopic (exact) mass is 248 g/mol. The summed E-state index contributed by atoms with van der Waals surface area (Å²) in [5.41, 5.74) is 7.61. The number of aryl methyl sites for hydroxylation is 1. The minimum atomic E-state index is -0.986. The minimum absolute atomic E-state index is 0.128. The Labute approximate surface area is 103 Å². The first kappa shape index (κ1) is 11.8. The summed E-state index contributed by atoms with van der Waals surface area (Å²) in [6, 6.07) is 7.67. The van der Waals surface area contributed by atoms with Gasteiger partial charge in [-0.05, 0) is 18.6 Å². The van der Waals surface area contributed by atoms with E-state index in [1.54, 1.807) is 6.92 Å². The van der Waals surface area contributed by atoms with Gasteiger partial charge >= 0.3 is 5.97 Å². The fourth-order valence-electron chi connectivity index (χ4n) is 1.55. The van der Waals surface area contributed by atoms with Gasteiger partial charge < -0.3 is 10.8 Å². The molecule has 1 aromatic heterocycles. The summed E-state index contributed by atoms with van der Waals surface area (Å²) < 4.78 is 0. The van der Waals surface area contributed by atoms with Crippen LogP contribution in [0.1, 0.15) is 20.9 Å². The molecule has 0 radical (unpaired) electrons. The third kappa shape index (κ3) is 2.35. The first-order valence-electron chi connectivity index (χ1n) is 5.12. The quantitative estimate of drug-likeness (QED) is 0.873. The van der Waals surface area contributed by atoms with Gasteiger partial charge in [-0.25, -0.2) is 9.78 Å². The molecule has 3 N–H and O–H groups in total. The van der Waals surface area contributed by atoms with Crippen LogP contribution in [0.15, 0.2) is 24.3 Å². The molecule has 2 aromatic rings. The fraction of sp³-hybridized carbons (Fsp3) is 0.167. The predicted molar refractivity (Wildman–Crippen MR) is 67.1 cm³/mol. The molecule has 1 aromatic carbocycles. The molecule has 0 saturated heterocycles. The summed E-state index contributed by atoms with van der Waals surface area (Å²) in [6.45, 7) is 2.22. The summed E-state index contributed by atoms with van der Waals surface area (Å²) in [6.07, 6.45) is 0. The highest BCUT2D eigenvalue weighted by atomic mass is 32.1. The van der Waals surface area contributed by atoms with Crippen LogP contribution >= 0.6 is 11.3 Å². The molecule has 0 bridgehead atoms. The van der Waals surface area contributed by atoms with Gasteiger partial charge in [0, 0.05) is 17.0 Å². The third-order valence-electron chi connectivity index (χ3n) is 2.41. The zero-order valence-electron chi connectivity index (χ0n) is 9.30.